The van der Waals surface area contributed by atoms with E-state index in [4.69, 9.17) is 11.8 Å². The molecule has 0 spiro atoms. The number of carbonyl (C=O) groups excluding carboxylic acids is 1. The third-order valence-electron chi connectivity index (χ3n) is 3.62. The molecule has 0 fully saturated rings. The van der Waals surface area contributed by atoms with Crippen molar-refractivity contribution in [3.63, 3.8) is 0 Å². The minimum absolute atomic E-state index is 0.269. The van der Waals surface area contributed by atoms with Gasteiger partial charge in [0.2, 0.25) is 0 Å². The maximum atomic E-state index is 12.2. The third kappa shape index (κ3) is 1.85. The second-order valence-electron chi connectivity index (χ2n) is 4.89. The van der Waals surface area contributed by atoms with Crippen LogP contribution in [0.2, 0.25) is 0 Å². The number of carbonyl (C=O) groups is 1. The van der Waals surface area contributed by atoms with Gasteiger partial charge in [0, 0.05) is 46.2 Å². The first-order valence-electron chi connectivity index (χ1n) is 6.58. The molecule has 2 aromatic heterocycles. The summed E-state index contributed by atoms with van der Waals surface area (Å²) in [4.78, 5) is 22.1. The Kier molecular flexibility index (Phi) is 2.83. The lowest BCUT2D eigenvalue weighted by Crippen LogP contribution is -2.16. The van der Waals surface area contributed by atoms with E-state index in [1.54, 1.807) is 24.7 Å². The molecular weight excluding hydrogens is 302 g/mol. The molecule has 108 valence electrons. The molecular formula is C15H10ClN5O. The van der Waals surface area contributed by atoms with Crippen LogP contribution in [-0.4, -0.2) is 22.1 Å². The molecule has 0 atom stereocenters. The van der Waals surface area contributed by atoms with E-state index in [0.717, 1.165) is 27.7 Å². The number of aromatic amines is 1. The van der Waals surface area contributed by atoms with Gasteiger partial charge in [-0.3, -0.25) is 14.6 Å². The summed E-state index contributed by atoms with van der Waals surface area (Å²) >= 11 is 5.69. The summed E-state index contributed by atoms with van der Waals surface area (Å²) in [5, 5.41) is 4.81. The molecule has 7 heteroatoms. The van der Waals surface area contributed by atoms with Gasteiger partial charge in [-0.25, -0.2) is 5.43 Å². The second kappa shape index (κ2) is 4.85. The minimum Gasteiger partial charge on any atom is -0.354 e. The highest BCUT2D eigenvalue weighted by molar-refractivity contribution is 6.25. The van der Waals surface area contributed by atoms with E-state index in [-0.39, 0.29) is 5.91 Å². The van der Waals surface area contributed by atoms with Crippen molar-refractivity contribution in [2.24, 2.45) is 5.10 Å². The Labute approximate surface area is 130 Å². The molecule has 0 radical (unpaired) electrons. The number of halogens is 1. The van der Waals surface area contributed by atoms with E-state index in [1.165, 1.54) is 0 Å². The molecule has 0 bridgehead atoms. The van der Waals surface area contributed by atoms with E-state index in [0.29, 0.717) is 11.3 Å². The highest BCUT2D eigenvalue weighted by atomic mass is 35.5. The highest BCUT2D eigenvalue weighted by Crippen LogP contribution is 2.34. The number of hydrogen-bond acceptors (Lipinski definition) is 4. The second-order valence-corrected chi connectivity index (χ2v) is 5.08. The number of aromatic nitrogens is 2. The number of nitrogens with zero attached hydrogens (tertiary/aromatic N) is 2. The molecule has 3 N–H and O–H groups in total. The van der Waals surface area contributed by atoms with E-state index in [9.17, 15) is 4.79 Å². The molecule has 1 aliphatic rings. The lowest BCUT2D eigenvalue weighted by atomic mass is 10.0. The fourth-order valence-corrected chi connectivity index (χ4v) is 2.79. The first-order valence-corrected chi connectivity index (χ1v) is 6.96. The summed E-state index contributed by atoms with van der Waals surface area (Å²) in [6, 6.07) is 7.35. The van der Waals surface area contributed by atoms with Crippen molar-refractivity contribution in [2.75, 3.05) is 4.84 Å². The zero-order valence-electron chi connectivity index (χ0n) is 11.2. The molecule has 3 heterocycles. The Hall–Kier alpha value is -2.86. The van der Waals surface area contributed by atoms with Crippen LogP contribution in [0.15, 0.2) is 41.8 Å². The highest BCUT2D eigenvalue weighted by Gasteiger charge is 2.21. The maximum Gasteiger partial charge on any atom is 0.272 e. The Balaban J connectivity index is 2.10. The van der Waals surface area contributed by atoms with Crippen LogP contribution in [0.3, 0.4) is 0 Å². The van der Waals surface area contributed by atoms with Gasteiger partial charge >= 0.3 is 0 Å². The third-order valence-corrected chi connectivity index (χ3v) is 3.84. The van der Waals surface area contributed by atoms with E-state index < -0.39 is 0 Å². The van der Waals surface area contributed by atoms with Gasteiger partial charge in [-0.1, -0.05) is 0 Å². The molecule has 0 saturated heterocycles. The van der Waals surface area contributed by atoms with Gasteiger partial charge in [0.1, 0.15) is 0 Å². The summed E-state index contributed by atoms with van der Waals surface area (Å²) in [5.74, 6) is -0.269. The van der Waals surface area contributed by atoms with Crippen molar-refractivity contribution in [3.8, 4) is 11.3 Å². The zero-order chi connectivity index (χ0) is 15.1. The lowest BCUT2D eigenvalue weighted by Gasteiger charge is -2.04. The summed E-state index contributed by atoms with van der Waals surface area (Å²) in [5.41, 5.74) is 7.17. The van der Waals surface area contributed by atoms with Crippen LogP contribution < -0.4 is 10.3 Å². The Morgan fingerprint density at radius 3 is 2.77 bits per heavy atom. The molecule has 4 rings (SSSR count). The average molecular weight is 312 g/mol. The van der Waals surface area contributed by atoms with E-state index in [2.05, 4.69) is 25.3 Å². The van der Waals surface area contributed by atoms with Crippen LogP contribution in [0.25, 0.3) is 22.2 Å². The van der Waals surface area contributed by atoms with Crippen LogP contribution in [0.4, 0.5) is 5.69 Å². The Morgan fingerprint density at radius 1 is 1.18 bits per heavy atom. The van der Waals surface area contributed by atoms with E-state index >= 15 is 0 Å². The topological polar surface area (TPSA) is 82.2 Å². The molecule has 1 amide bonds. The molecule has 1 aliphatic heterocycles. The number of amides is 1. The number of pyridine rings is 1. The lowest BCUT2D eigenvalue weighted by molar-refractivity contribution is 0.0957. The first-order chi connectivity index (χ1) is 10.8. The van der Waals surface area contributed by atoms with Gasteiger partial charge in [-0.05, 0) is 24.3 Å². The number of nitrogens with one attached hydrogen (secondary N) is 3. The fourth-order valence-electron chi connectivity index (χ4n) is 2.68. The molecule has 0 saturated carbocycles. The molecule has 1 aromatic carbocycles. The fraction of sp³-hybridized carbons (Fsp3) is 0. The quantitative estimate of drug-likeness (QED) is 0.636. The van der Waals surface area contributed by atoms with Crippen molar-refractivity contribution in [3.05, 3.63) is 47.8 Å². The smallest absolute Gasteiger partial charge is 0.272 e. The maximum absolute atomic E-state index is 12.2. The standard InChI is InChI=1S/C15H10ClN5O/c16-20-9-5-10-13-11(7-18-21-15(10)22)14(19-12(13)6-9)8-1-3-17-4-2-8/h1-7,19-20H,(H,21,22). The van der Waals surface area contributed by atoms with Gasteiger partial charge in [0.15, 0.2) is 0 Å². The van der Waals surface area contributed by atoms with Crippen LogP contribution in [0.5, 0.6) is 0 Å². The molecule has 0 aliphatic carbocycles. The van der Waals surface area contributed by atoms with Crippen LogP contribution in [0.1, 0.15) is 15.9 Å². The minimum atomic E-state index is -0.269. The Bertz CT molecular complexity index is 917. The van der Waals surface area contributed by atoms with Gasteiger partial charge < -0.3 is 4.98 Å². The van der Waals surface area contributed by atoms with Crippen molar-refractivity contribution < 1.29 is 4.79 Å². The van der Waals surface area contributed by atoms with Gasteiger partial charge in [0.25, 0.3) is 5.91 Å². The van der Waals surface area contributed by atoms with Crippen molar-refractivity contribution in [2.45, 2.75) is 0 Å². The number of hydrazone groups is 1. The Morgan fingerprint density at radius 2 is 2.00 bits per heavy atom. The molecule has 3 aromatic rings. The number of H-pyrrole nitrogens is 1. The van der Waals surface area contributed by atoms with Crippen molar-refractivity contribution in [1.82, 2.24) is 15.4 Å². The zero-order valence-corrected chi connectivity index (χ0v) is 12.0. The van der Waals surface area contributed by atoms with Crippen molar-refractivity contribution >= 4 is 40.5 Å². The van der Waals surface area contributed by atoms with E-state index in [1.807, 2.05) is 18.2 Å². The van der Waals surface area contributed by atoms with Crippen LogP contribution >= 0.6 is 11.8 Å². The monoisotopic (exact) mass is 311 g/mol. The number of benzene rings is 1. The normalized spacial score (nSPS) is 13.0. The van der Waals surface area contributed by atoms with Crippen molar-refractivity contribution in [1.29, 1.82) is 0 Å². The molecule has 0 unspecified atom stereocenters. The first kappa shape index (κ1) is 12.8. The molecule has 22 heavy (non-hydrogen) atoms. The van der Waals surface area contributed by atoms with Crippen LogP contribution in [0, 0.1) is 0 Å². The number of anilines is 1. The summed E-state index contributed by atoms with van der Waals surface area (Å²) in [7, 11) is 0. The number of rotatable bonds is 2. The van der Waals surface area contributed by atoms with Gasteiger partial charge in [-0.15, -0.1) is 0 Å². The summed E-state index contributed by atoms with van der Waals surface area (Å²) in [6.45, 7) is 0. The molecule has 6 nitrogen and oxygen atoms in total. The average Bonchev–Trinajstić information content (AvgIpc) is 2.84. The van der Waals surface area contributed by atoms with Gasteiger partial charge in [0.05, 0.1) is 23.2 Å². The predicted molar refractivity (Wildman–Crippen MR) is 86.1 cm³/mol. The number of hydrogen-bond donors (Lipinski definition) is 3. The summed E-state index contributed by atoms with van der Waals surface area (Å²) < 4.78 is 0. The van der Waals surface area contributed by atoms with Gasteiger partial charge in [-0.2, -0.15) is 5.10 Å². The predicted octanol–water partition coefficient (Wildman–Crippen LogP) is 2.87. The SMILES string of the molecule is O=C1NN=Cc2c(-c3ccncc3)[nH]c3cc(NCl)cc1c23. The van der Waals surface area contributed by atoms with Crippen LogP contribution in [-0.2, 0) is 0 Å². The largest absolute Gasteiger partial charge is 0.354 e. The summed E-state index contributed by atoms with van der Waals surface area (Å²) in [6.07, 6.45) is 5.09.